The first-order valence-electron chi connectivity index (χ1n) is 7.63. The van der Waals surface area contributed by atoms with Crippen molar-refractivity contribution in [1.82, 2.24) is 25.5 Å². The standard InChI is InChI=1S/C17H15N5O2/c23-15-9-11-5-1-2-6-12(11)16(15)19-17(24)13-7-3-4-8-14(13)22-10-18-20-21-22/h1-8,10,15-16,23H,9H2,(H,19,24)/t15-,16-/m0/s1. The van der Waals surface area contributed by atoms with Crippen molar-refractivity contribution in [3.63, 3.8) is 0 Å². The number of rotatable bonds is 3. The number of tetrazole rings is 1. The second kappa shape index (κ2) is 5.86. The van der Waals surface area contributed by atoms with Crippen LogP contribution in [0.2, 0.25) is 0 Å². The monoisotopic (exact) mass is 321 g/mol. The van der Waals surface area contributed by atoms with Crippen LogP contribution in [0, 0.1) is 0 Å². The lowest BCUT2D eigenvalue weighted by atomic mass is 10.1. The molecular weight excluding hydrogens is 306 g/mol. The third-order valence-corrected chi connectivity index (χ3v) is 4.24. The molecule has 1 aliphatic carbocycles. The van der Waals surface area contributed by atoms with E-state index in [-0.39, 0.29) is 5.91 Å². The Balaban J connectivity index is 1.64. The van der Waals surface area contributed by atoms with E-state index in [1.165, 1.54) is 11.0 Å². The van der Waals surface area contributed by atoms with Gasteiger partial charge in [-0.2, -0.15) is 4.68 Å². The van der Waals surface area contributed by atoms with Crippen LogP contribution in [-0.2, 0) is 6.42 Å². The molecule has 3 aromatic rings. The Bertz CT molecular complexity index is 878. The molecular formula is C17H15N5O2. The number of hydrogen-bond donors (Lipinski definition) is 2. The van der Waals surface area contributed by atoms with Crippen molar-refractivity contribution in [3.05, 3.63) is 71.5 Å². The molecule has 2 aromatic carbocycles. The van der Waals surface area contributed by atoms with E-state index in [0.717, 1.165) is 11.1 Å². The van der Waals surface area contributed by atoms with Crippen molar-refractivity contribution < 1.29 is 9.90 Å². The van der Waals surface area contributed by atoms with Crippen molar-refractivity contribution in [2.45, 2.75) is 18.6 Å². The maximum Gasteiger partial charge on any atom is 0.254 e. The minimum Gasteiger partial charge on any atom is -0.390 e. The first kappa shape index (κ1) is 14.5. The molecule has 2 N–H and O–H groups in total. The van der Waals surface area contributed by atoms with Crippen LogP contribution in [0.3, 0.4) is 0 Å². The van der Waals surface area contributed by atoms with E-state index in [9.17, 15) is 9.90 Å². The number of carbonyl (C=O) groups excluding carboxylic acids is 1. The van der Waals surface area contributed by atoms with E-state index in [1.807, 2.05) is 30.3 Å². The molecule has 2 atom stereocenters. The summed E-state index contributed by atoms with van der Waals surface area (Å²) in [5.41, 5.74) is 3.05. The van der Waals surface area contributed by atoms with Crippen LogP contribution in [0.15, 0.2) is 54.9 Å². The number of aliphatic hydroxyl groups excluding tert-OH is 1. The Morgan fingerprint density at radius 3 is 2.79 bits per heavy atom. The summed E-state index contributed by atoms with van der Waals surface area (Å²) in [5, 5.41) is 24.3. The number of aliphatic hydroxyl groups is 1. The SMILES string of the molecule is O=C(N[C@H]1c2ccccc2C[C@@H]1O)c1ccccc1-n1cnnn1. The highest BCUT2D eigenvalue weighted by atomic mass is 16.3. The molecule has 0 fully saturated rings. The molecule has 7 heteroatoms. The normalized spacial score (nSPS) is 19.0. The number of para-hydroxylation sites is 1. The van der Waals surface area contributed by atoms with E-state index in [1.54, 1.807) is 18.2 Å². The first-order valence-corrected chi connectivity index (χ1v) is 7.63. The van der Waals surface area contributed by atoms with Crippen molar-refractivity contribution in [3.8, 4) is 5.69 Å². The molecule has 1 aliphatic rings. The number of nitrogens with one attached hydrogen (secondary N) is 1. The fraction of sp³-hybridized carbons (Fsp3) is 0.176. The molecule has 0 unspecified atom stereocenters. The molecule has 4 rings (SSSR count). The molecule has 0 radical (unpaired) electrons. The summed E-state index contributed by atoms with van der Waals surface area (Å²) in [6, 6.07) is 14.4. The number of carbonyl (C=O) groups is 1. The zero-order valence-electron chi connectivity index (χ0n) is 12.7. The number of hydrogen-bond acceptors (Lipinski definition) is 5. The Morgan fingerprint density at radius 2 is 1.96 bits per heavy atom. The average molecular weight is 321 g/mol. The largest absolute Gasteiger partial charge is 0.390 e. The van der Waals surface area contributed by atoms with E-state index in [2.05, 4.69) is 20.8 Å². The van der Waals surface area contributed by atoms with Gasteiger partial charge in [-0.15, -0.1) is 5.10 Å². The molecule has 1 heterocycles. The Hall–Kier alpha value is -3.06. The Kier molecular flexibility index (Phi) is 3.55. The molecule has 0 bridgehead atoms. The van der Waals surface area contributed by atoms with Gasteiger partial charge >= 0.3 is 0 Å². The predicted molar refractivity (Wildman–Crippen MR) is 85.5 cm³/mol. The van der Waals surface area contributed by atoms with Gasteiger partial charge in [-0.25, -0.2) is 0 Å². The summed E-state index contributed by atoms with van der Waals surface area (Å²) in [6.45, 7) is 0. The maximum absolute atomic E-state index is 12.8. The van der Waals surface area contributed by atoms with Gasteiger partial charge < -0.3 is 10.4 Å². The topological polar surface area (TPSA) is 92.9 Å². The van der Waals surface area contributed by atoms with Crippen molar-refractivity contribution in [2.24, 2.45) is 0 Å². The minimum atomic E-state index is -0.633. The van der Waals surface area contributed by atoms with Gasteiger partial charge in [0.1, 0.15) is 6.33 Å². The van der Waals surface area contributed by atoms with E-state index in [4.69, 9.17) is 0 Å². The van der Waals surface area contributed by atoms with Gasteiger partial charge in [0.05, 0.1) is 23.4 Å². The van der Waals surface area contributed by atoms with Gasteiger partial charge in [-0.05, 0) is 33.7 Å². The third-order valence-electron chi connectivity index (χ3n) is 4.24. The molecule has 120 valence electrons. The summed E-state index contributed by atoms with van der Waals surface area (Å²) in [7, 11) is 0. The lowest BCUT2D eigenvalue weighted by Crippen LogP contribution is -2.34. The fourth-order valence-corrected chi connectivity index (χ4v) is 3.10. The van der Waals surface area contributed by atoms with Gasteiger partial charge in [0.15, 0.2) is 0 Å². The van der Waals surface area contributed by atoms with Gasteiger partial charge in [-0.3, -0.25) is 4.79 Å². The number of nitrogens with zero attached hydrogens (tertiary/aromatic N) is 4. The molecule has 0 aliphatic heterocycles. The number of fused-ring (bicyclic) bond motifs is 1. The lowest BCUT2D eigenvalue weighted by Gasteiger charge is -2.19. The maximum atomic E-state index is 12.8. The molecule has 7 nitrogen and oxygen atoms in total. The number of aromatic nitrogens is 4. The second-order valence-electron chi connectivity index (χ2n) is 5.69. The smallest absolute Gasteiger partial charge is 0.254 e. The zero-order chi connectivity index (χ0) is 16.5. The zero-order valence-corrected chi connectivity index (χ0v) is 12.7. The number of amides is 1. The van der Waals surface area contributed by atoms with E-state index < -0.39 is 12.1 Å². The summed E-state index contributed by atoms with van der Waals surface area (Å²) in [4.78, 5) is 12.8. The van der Waals surface area contributed by atoms with Crippen LogP contribution in [0.4, 0.5) is 0 Å². The highest BCUT2D eigenvalue weighted by molar-refractivity contribution is 5.98. The molecule has 24 heavy (non-hydrogen) atoms. The highest BCUT2D eigenvalue weighted by Crippen LogP contribution is 2.31. The summed E-state index contributed by atoms with van der Waals surface area (Å²) in [5.74, 6) is -0.276. The van der Waals surface area contributed by atoms with Crippen LogP contribution in [-0.4, -0.2) is 37.3 Å². The van der Waals surface area contributed by atoms with E-state index in [0.29, 0.717) is 17.7 Å². The van der Waals surface area contributed by atoms with Crippen LogP contribution in [0.1, 0.15) is 27.5 Å². The van der Waals surface area contributed by atoms with Crippen LogP contribution < -0.4 is 5.32 Å². The quantitative estimate of drug-likeness (QED) is 0.752. The molecule has 0 saturated carbocycles. The van der Waals surface area contributed by atoms with Crippen molar-refractivity contribution in [1.29, 1.82) is 0 Å². The van der Waals surface area contributed by atoms with Crippen LogP contribution in [0.5, 0.6) is 0 Å². The predicted octanol–water partition coefficient (Wildman–Crippen LogP) is 1.05. The van der Waals surface area contributed by atoms with E-state index >= 15 is 0 Å². The van der Waals surface area contributed by atoms with Gasteiger partial charge in [0.2, 0.25) is 0 Å². The Labute approximate surface area is 137 Å². The summed E-state index contributed by atoms with van der Waals surface area (Å²) in [6.07, 6.45) is 1.34. The van der Waals surface area contributed by atoms with Gasteiger partial charge in [0, 0.05) is 6.42 Å². The molecule has 1 amide bonds. The van der Waals surface area contributed by atoms with Gasteiger partial charge in [-0.1, -0.05) is 36.4 Å². The van der Waals surface area contributed by atoms with Crippen LogP contribution in [0.25, 0.3) is 5.69 Å². The molecule has 0 saturated heterocycles. The number of benzene rings is 2. The summed E-state index contributed by atoms with van der Waals surface area (Å²) < 4.78 is 1.44. The second-order valence-corrected chi connectivity index (χ2v) is 5.69. The Morgan fingerprint density at radius 1 is 1.17 bits per heavy atom. The third kappa shape index (κ3) is 2.44. The van der Waals surface area contributed by atoms with Gasteiger partial charge in [0.25, 0.3) is 5.91 Å². The fourth-order valence-electron chi connectivity index (χ4n) is 3.10. The van der Waals surface area contributed by atoms with Crippen molar-refractivity contribution in [2.75, 3.05) is 0 Å². The average Bonchev–Trinajstić information content (AvgIpc) is 3.24. The molecule has 0 spiro atoms. The van der Waals surface area contributed by atoms with Crippen molar-refractivity contribution >= 4 is 5.91 Å². The molecule has 1 aromatic heterocycles. The first-order chi connectivity index (χ1) is 11.7. The minimum absolute atomic E-state index is 0.276. The summed E-state index contributed by atoms with van der Waals surface area (Å²) >= 11 is 0. The van der Waals surface area contributed by atoms with Crippen LogP contribution >= 0.6 is 0 Å². The lowest BCUT2D eigenvalue weighted by molar-refractivity contribution is 0.0858. The highest BCUT2D eigenvalue weighted by Gasteiger charge is 2.32.